The molecule has 0 radical (unpaired) electrons. The van der Waals surface area contributed by atoms with Crippen molar-refractivity contribution in [2.45, 2.75) is 32.5 Å². The minimum atomic E-state index is 0.751. The van der Waals surface area contributed by atoms with Crippen molar-refractivity contribution in [1.29, 1.82) is 0 Å². The number of benzene rings is 1. The molecule has 2 heterocycles. The number of fused-ring (bicyclic) bond motifs is 1. The van der Waals surface area contributed by atoms with Crippen molar-refractivity contribution in [2.24, 2.45) is 0 Å². The van der Waals surface area contributed by atoms with Crippen LogP contribution in [-0.2, 0) is 13.1 Å². The Labute approximate surface area is 135 Å². The van der Waals surface area contributed by atoms with E-state index in [0.717, 1.165) is 25.7 Å². The van der Waals surface area contributed by atoms with Crippen LogP contribution in [0.4, 0.5) is 0 Å². The molecule has 1 aromatic carbocycles. The predicted octanol–water partition coefficient (Wildman–Crippen LogP) is 3.95. The van der Waals surface area contributed by atoms with E-state index in [-0.39, 0.29) is 0 Å². The Hall–Kier alpha value is -0.550. The Morgan fingerprint density at radius 3 is 2.95 bits per heavy atom. The van der Waals surface area contributed by atoms with Gasteiger partial charge in [-0.1, -0.05) is 25.1 Å². The lowest BCUT2D eigenvalue weighted by Gasteiger charge is -2.24. The van der Waals surface area contributed by atoms with Crippen molar-refractivity contribution in [1.82, 2.24) is 10.2 Å². The molecule has 1 atom stereocenters. The van der Waals surface area contributed by atoms with Crippen LogP contribution in [0.3, 0.4) is 0 Å². The van der Waals surface area contributed by atoms with Crippen molar-refractivity contribution >= 4 is 33.2 Å². The highest BCUT2D eigenvalue weighted by atomic mass is 32.2. The lowest BCUT2D eigenvalue weighted by Crippen LogP contribution is -2.31. The van der Waals surface area contributed by atoms with Crippen LogP contribution in [0.15, 0.2) is 24.3 Å². The summed E-state index contributed by atoms with van der Waals surface area (Å²) >= 11 is 4.05. The SMILES string of the molecule is CCNCc1sc2ccccc2c1CN(C)C1CCSC1. The highest BCUT2D eigenvalue weighted by molar-refractivity contribution is 7.99. The average molecular weight is 321 g/mol. The summed E-state index contributed by atoms with van der Waals surface area (Å²) in [5.74, 6) is 2.62. The maximum atomic E-state index is 3.50. The van der Waals surface area contributed by atoms with Crippen molar-refractivity contribution in [3.05, 3.63) is 34.7 Å². The van der Waals surface area contributed by atoms with Gasteiger partial charge in [0, 0.05) is 34.5 Å². The molecule has 1 aliphatic heterocycles. The van der Waals surface area contributed by atoms with Gasteiger partial charge in [-0.3, -0.25) is 4.90 Å². The molecule has 1 unspecified atom stereocenters. The first-order chi connectivity index (χ1) is 10.3. The molecule has 0 bridgehead atoms. The summed E-state index contributed by atoms with van der Waals surface area (Å²) in [5.41, 5.74) is 1.54. The molecule has 1 aromatic heterocycles. The molecule has 1 aliphatic rings. The maximum Gasteiger partial charge on any atom is 0.0349 e. The smallest absolute Gasteiger partial charge is 0.0349 e. The Balaban J connectivity index is 1.86. The molecule has 1 N–H and O–H groups in total. The fourth-order valence-electron chi connectivity index (χ4n) is 2.95. The van der Waals surface area contributed by atoms with Gasteiger partial charge in [0.2, 0.25) is 0 Å². The maximum absolute atomic E-state index is 3.50. The molecule has 0 saturated carbocycles. The van der Waals surface area contributed by atoms with Crippen LogP contribution in [0, 0.1) is 0 Å². The molecule has 4 heteroatoms. The molecule has 114 valence electrons. The monoisotopic (exact) mass is 320 g/mol. The lowest BCUT2D eigenvalue weighted by atomic mass is 10.1. The number of nitrogens with one attached hydrogen (secondary N) is 1. The third-order valence-corrected chi connectivity index (χ3v) is 6.61. The molecular formula is C17H24N2S2. The van der Waals surface area contributed by atoms with E-state index >= 15 is 0 Å². The van der Waals surface area contributed by atoms with Crippen LogP contribution in [0.2, 0.25) is 0 Å². The highest BCUT2D eigenvalue weighted by Crippen LogP contribution is 2.33. The number of rotatable bonds is 6. The quantitative estimate of drug-likeness (QED) is 0.867. The summed E-state index contributed by atoms with van der Waals surface area (Å²) in [6, 6.07) is 9.61. The number of thiophene rings is 1. The largest absolute Gasteiger partial charge is 0.312 e. The minimum Gasteiger partial charge on any atom is -0.312 e. The Kier molecular flexibility index (Phi) is 5.22. The summed E-state index contributed by atoms with van der Waals surface area (Å²) in [6.07, 6.45) is 1.34. The summed E-state index contributed by atoms with van der Waals surface area (Å²) in [6.45, 7) is 5.28. The summed E-state index contributed by atoms with van der Waals surface area (Å²) in [4.78, 5) is 4.07. The van der Waals surface area contributed by atoms with Gasteiger partial charge in [-0.15, -0.1) is 11.3 Å². The van der Waals surface area contributed by atoms with Crippen LogP contribution in [0.25, 0.3) is 10.1 Å². The van der Waals surface area contributed by atoms with Crippen molar-refractivity contribution < 1.29 is 0 Å². The van der Waals surface area contributed by atoms with Crippen LogP contribution in [0.5, 0.6) is 0 Å². The van der Waals surface area contributed by atoms with E-state index in [2.05, 4.69) is 60.2 Å². The number of nitrogens with zero attached hydrogens (tertiary/aromatic N) is 1. The third-order valence-electron chi connectivity index (χ3n) is 4.25. The molecule has 0 spiro atoms. The molecule has 0 amide bonds. The molecule has 21 heavy (non-hydrogen) atoms. The summed E-state index contributed by atoms with van der Waals surface area (Å²) in [5, 5.41) is 4.95. The van der Waals surface area contributed by atoms with Gasteiger partial charge < -0.3 is 5.32 Å². The second kappa shape index (κ2) is 7.14. The molecule has 0 aliphatic carbocycles. The highest BCUT2D eigenvalue weighted by Gasteiger charge is 2.22. The number of hydrogen-bond acceptors (Lipinski definition) is 4. The van der Waals surface area contributed by atoms with Crippen molar-refractivity contribution in [3.8, 4) is 0 Å². The van der Waals surface area contributed by atoms with Crippen LogP contribution < -0.4 is 5.32 Å². The van der Waals surface area contributed by atoms with Crippen LogP contribution >= 0.6 is 23.1 Å². The van der Waals surface area contributed by atoms with E-state index in [4.69, 9.17) is 0 Å². The fraction of sp³-hybridized carbons (Fsp3) is 0.529. The molecule has 2 nitrogen and oxygen atoms in total. The lowest BCUT2D eigenvalue weighted by molar-refractivity contribution is 0.255. The van der Waals surface area contributed by atoms with Crippen LogP contribution in [0.1, 0.15) is 23.8 Å². The van der Waals surface area contributed by atoms with Gasteiger partial charge in [0.15, 0.2) is 0 Å². The average Bonchev–Trinajstić information content (AvgIpc) is 3.14. The minimum absolute atomic E-state index is 0.751. The molecule has 2 aromatic rings. The van der Waals surface area contributed by atoms with E-state index in [9.17, 15) is 0 Å². The molecule has 1 saturated heterocycles. The topological polar surface area (TPSA) is 15.3 Å². The Bertz CT molecular complexity index is 587. The Morgan fingerprint density at radius 2 is 2.19 bits per heavy atom. The van der Waals surface area contributed by atoms with E-state index in [1.807, 2.05) is 11.3 Å². The van der Waals surface area contributed by atoms with Crippen molar-refractivity contribution in [3.63, 3.8) is 0 Å². The fourth-order valence-corrected chi connectivity index (χ4v) is 5.44. The standard InChI is InChI=1S/C17H24N2S2/c1-3-18-10-17-15(11-19(2)13-8-9-20-12-13)14-6-4-5-7-16(14)21-17/h4-7,13,18H,3,8-12H2,1-2H3. The van der Waals surface area contributed by atoms with Gasteiger partial charge in [-0.2, -0.15) is 11.8 Å². The van der Waals surface area contributed by atoms with E-state index in [1.54, 1.807) is 0 Å². The molecule has 1 fully saturated rings. The first kappa shape index (κ1) is 15.3. The molecular weight excluding hydrogens is 296 g/mol. The zero-order valence-electron chi connectivity index (χ0n) is 12.9. The van der Waals surface area contributed by atoms with Gasteiger partial charge in [-0.25, -0.2) is 0 Å². The second-order valence-corrected chi connectivity index (χ2v) is 8.00. The zero-order chi connectivity index (χ0) is 14.7. The normalized spacial score (nSPS) is 18.9. The van der Waals surface area contributed by atoms with E-state index in [1.165, 1.54) is 38.5 Å². The third kappa shape index (κ3) is 3.45. The van der Waals surface area contributed by atoms with E-state index in [0.29, 0.717) is 0 Å². The van der Waals surface area contributed by atoms with Gasteiger partial charge in [0.25, 0.3) is 0 Å². The van der Waals surface area contributed by atoms with E-state index < -0.39 is 0 Å². The Morgan fingerprint density at radius 1 is 1.33 bits per heavy atom. The van der Waals surface area contributed by atoms with Crippen molar-refractivity contribution in [2.75, 3.05) is 25.1 Å². The van der Waals surface area contributed by atoms with Gasteiger partial charge in [-0.05, 0) is 42.8 Å². The first-order valence-corrected chi connectivity index (χ1v) is 9.74. The summed E-state index contributed by atoms with van der Waals surface area (Å²) < 4.78 is 1.43. The van der Waals surface area contributed by atoms with Gasteiger partial charge in [0.1, 0.15) is 0 Å². The number of thioether (sulfide) groups is 1. The second-order valence-electron chi connectivity index (χ2n) is 5.71. The van der Waals surface area contributed by atoms with Crippen LogP contribution in [-0.4, -0.2) is 36.0 Å². The first-order valence-electron chi connectivity index (χ1n) is 7.77. The predicted molar refractivity (Wildman–Crippen MR) is 96.4 cm³/mol. The van der Waals surface area contributed by atoms with Gasteiger partial charge in [0.05, 0.1) is 0 Å². The zero-order valence-corrected chi connectivity index (χ0v) is 14.5. The molecule has 3 rings (SSSR count). The van der Waals surface area contributed by atoms with Gasteiger partial charge >= 0.3 is 0 Å². The number of hydrogen-bond donors (Lipinski definition) is 1. The summed E-state index contributed by atoms with van der Waals surface area (Å²) in [7, 11) is 2.29.